The Bertz CT molecular complexity index is 357. The molecular weight excluding hydrogens is 220 g/mol. The Hall–Kier alpha value is -0.700. The van der Waals surface area contributed by atoms with Crippen molar-refractivity contribution < 1.29 is 9.53 Å². The second kappa shape index (κ2) is 4.66. The Kier molecular flexibility index (Phi) is 3.43. The third-order valence-electron chi connectivity index (χ3n) is 3.64. The van der Waals surface area contributed by atoms with Crippen molar-refractivity contribution in [2.45, 2.75) is 37.2 Å². The Morgan fingerprint density at radius 1 is 1.50 bits per heavy atom. The molecule has 0 aromatic rings. The van der Waals surface area contributed by atoms with E-state index in [1.165, 1.54) is 31.1 Å². The van der Waals surface area contributed by atoms with E-state index in [4.69, 9.17) is 0 Å². The zero-order chi connectivity index (χ0) is 11.7. The second-order valence-corrected chi connectivity index (χ2v) is 5.97. The molecular formula is C13H18O2S. The molecule has 2 aliphatic heterocycles. The number of ether oxygens (including phenoxy) is 1. The van der Waals surface area contributed by atoms with Crippen molar-refractivity contribution in [3.63, 3.8) is 0 Å². The average molecular weight is 238 g/mol. The molecule has 1 saturated heterocycles. The van der Waals surface area contributed by atoms with Crippen LogP contribution in [0.2, 0.25) is 0 Å². The van der Waals surface area contributed by atoms with Gasteiger partial charge in [-0.05, 0) is 31.3 Å². The minimum Gasteiger partial charge on any atom is -0.466 e. The quantitative estimate of drug-likeness (QED) is 0.546. The van der Waals surface area contributed by atoms with Gasteiger partial charge in [0, 0.05) is 16.6 Å². The van der Waals surface area contributed by atoms with Crippen LogP contribution in [0.1, 0.15) is 26.7 Å². The van der Waals surface area contributed by atoms with Crippen LogP contribution < -0.4 is 0 Å². The van der Waals surface area contributed by atoms with E-state index in [1.54, 1.807) is 6.08 Å². The van der Waals surface area contributed by atoms with E-state index in [-0.39, 0.29) is 5.97 Å². The fourth-order valence-electron chi connectivity index (χ4n) is 2.60. The van der Waals surface area contributed by atoms with Crippen LogP contribution in [0.15, 0.2) is 23.3 Å². The molecule has 0 N–H and O–H groups in total. The van der Waals surface area contributed by atoms with Gasteiger partial charge in [-0.1, -0.05) is 18.6 Å². The summed E-state index contributed by atoms with van der Waals surface area (Å²) in [6.45, 7) is 4.46. The van der Waals surface area contributed by atoms with Crippen LogP contribution in [0, 0.1) is 5.92 Å². The Morgan fingerprint density at radius 3 is 2.94 bits per heavy atom. The molecule has 0 aliphatic carbocycles. The van der Waals surface area contributed by atoms with Crippen molar-refractivity contribution in [3.05, 3.63) is 23.3 Å². The molecule has 0 aromatic heterocycles. The predicted octanol–water partition coefficient (Wildman–Crippen LogP) is 2.95. The fraction of sp³-hybridized carbons (Fsp3) is 0.615. The highest BCUT2D eigenvalue weighted by molar-refractivity contribution is 8.01. The maximum Gasteiger partial charge on any atom is 0.330 e. The van der Waals surface area contributed by atoms with Crippen LogP contribution >= 0.6 is 11.8 Å². The zero-order valence-corrected chi connectivity index (χ0v) is 10.8. The lowest BCUT2D eigenvalue weighted by Gasteiger charge is -2.28. The number of fused-ring (bicyclic) bond motifs is 2. The number of allylic oxidation sites excluding steroid dienone is 2. The van der Waals surface area contributed by atoms with Gasteiger partial charge < -0.3 is 4.74 Å². The highest BCUT2D eigenvalue weighted by Gasteiger charge is 2.37. The maximum absolute atomic E-state index is 11.1. The topological polar surface area (TPSA) is 26.3 Å². The molecule has 2 rings (SSSR count). The van der Waals surface area contributed by atoms with E-state index < -0.39 is 0 Å². The molecule has 1 fully saturated rings. The number of carbonyl (C=O) groups is 1. The molecule has 0 spiro atoms. The normalized spacial score (nSPS) is 33.6. The van der Waals surface area contributed by atoms with Gasteiger partial charge in [0.25, 0.3) is 0 Å². The lowest BCUT2D eigenvalue weighted by atomic mass is 9.93. The van der Waals surface area contributed by atoms with Crippen molar-refractivity contribution in [2.75, 3.05) is 7.11 Å². The summed E-state index contributed by atoms with van der Waals surface area (Å²) in [6, 6.07) is 0. The van der Waals surface area contributed by atoms with E-state index in [2.05, 4.69) is 30.3 Å². The third-order valence-corrected chi connectivity index (χ3v) is 5.55. The summed E-state index contributed by atoms with van der Waals surface area (Å²) in [7, 11) is 1.41. The first-order valence-corrected chi connectivity index (χ1v) is 6.70. The number of carbonyl (C=O) groups excluding carboxylic acids is 1. The van der Waals surface area contributed by atoms with Gasteiger partial charge in [-0.25, -0.2) is 4.79 Å². The standard InChI is InChI=1S/C13H18O2S/c1-8-10(4-7-13(14)15-3)9(2)12-6-5-11(8)16-12/h4,7-8,11-12H,5-6H2,1-3H3/b7-4+/t8-,11-,12+/m1/s1. The zero-order valence-electron chi connectivity index (χ0n) is 10.0. The van der Waals surface area contributed by atoms with E-state index >= 15 is 0 Å². The van der Waals surface area contributed by atoms with E-state index in [0.29, 0.717) is 11.2 Å². The smallest absolute Gasteiger partial charge is 0.330 e. The predicted molar refractivity (Wildman–Crippen MR) is 67.4 cm³/mol. The molecule has 3 atom stereocenters. The molecule has 3 heteroatoms. The van der Waals surface area contributed by atoms with Gasteiger partial charge in [0.15, 0.2) is 0 Å². The summed E-state index contributed by atoms with van der Waals surface area (Å²) in [5, 5.41) is 1.42. The molecule has 2 aliphatic rings. The molecule has 2 bridgehead atoms. The van der Waals surface area contributed by atoms with Crippen molar-refractivity contribution in [3.8, 4) is 0 Å². The lowest BCUT2D eigenvalue weighted by Crippen LogP contribution is -2.19. The lowest BCUT2D eigenvalue weighted by molar-refractivity contribution is -0.134. The van der Waals surface area contributed by atoms with Gasteiger partial charge in [0.05, 0.1) is 7.11 Å². The number of hydrogen-bond donors (Lipinski definition) is 0. The first kappa shape index (κ1) is 11.8. The van der Waals surface area contributed by atoms with Crippen LogP contribution in [0.4, 0.5) is 0 Å². The van der Waals surface area contributed by atoms with Gasteiger partial charge >= 0.3 is 5.97 Å². The Balaban J connectivity index is 2.21. The van der Waals surface area contributed by atoms with Gasteiger partial charge in [0.2, 0.25) is 0 Å². The molecule has 2 heterocycles. The SMILES string of the molecule is COC(=O)/C=C/C1=C(C)[C@@H]2CC[C@@H](S2)[C@@H]1C. The average Bonchev–Trinajstić information content (AvgIpc) is 2.73. The Morgan fingerprint density at radius 2 is 2.25 bits per heavy atom. The molecule has 0 aromatic carbocycles. The molecule has 0 amide bonds. The summed E-state index contributed by atoms with van der Waals surface area (Å²) in [5.74, 6) is 0.294. The first-order valence-electron chi connectivity index (χ1n) is 5.75. The molecule has 0 saturated carbocycles. The van der Waals surface area contributed by atoms with E-state index in [0.717, 1.165) is 5.25 Å². The van der Waals surface area contributed by atoms with Gasteiger partial charge in [-0.15, -0.1) is 0 Å². The van der Waals surface area contributed by atoms with Crippen molar-refractivity contribution in [1.82, 2.24) is 0 Å². The minimum atomic E-state index is -0.266. The number of esters is 1. The van der Waals surface area contributed by atoms with Crippen molar-refractivity contribution >= 4 is 17.7 Å². The van der Waals surface area contributed by atoms with Crippen LogP contribution in [0.25, 0.3) is 0 Å². The molecule has 16 heavy (non-hydrogen) atoms. The summed E-state index contributed by atoms with van der Waals surface area (Å²) in [4.78, 5) is 11.1. The summed E-state index contributed by atoms with van der Waals surface area (Å²) >= 11 is 2.10. The molecule has 2 nitrogen and oxygen atoms in total. The minimum absolute atomic E-state index is 0.266. The van der Waals surface area contributed by atoms with Gasteiger partial charge in [-0.3, -0.25) is 0 Å². The summed E-state index contributed by atoms with van der Waals surface area (Å²) in [5.41, 5.74) is 2.79. The van der Waals surface area contributed by atoms with Crippen molar-refractivity contribution in [2.24, 2.45) is 5.92 Å². The highest BCUT2D eigenvalue weighted by atomic mass is 32.2. The maximum atomic E-state index is 11.1. The Labute approximate surface area is 101 Å². The molecule has 88 valence electrons. The summed E-state index contributed by atoms with van der Waals surface area (Å²) in [6.07, 6.45) is 6.10. The van der Waals surface area contributed by atoms with Crippen LogP contribution in [0.3, 0.4) is 0 Å². The number of methoxy groups -OCH3 is 1. The van der Waals surface area contributed by atoms with Crippen LogP contribution in [-0.2, 0) is 9.53 Å². The van der Waals surface area contributed by atoms with Gasteiger partial charge in [0.1, 0.15) is 0 Å². The second-order valence-electron chi connectivity index (χ2n) is 4.52. The highest BCUT2D eigenvalue weighted by Crippen LogP contribution is 2.49. The van der Waals surface area contributed by atoms with Crippen LogP contribution in [-0.4, -0.2) is 23.6 Å². The summed E-state index contributed by atoms with van der Waals surface area (Å²) < 4.78 is 4.63. The number of rotatable bonds is 2. The molecule has 0 radical (unpaired) electrons. The third kappa shape index (κ3) is 2.05. The largest absolute Gasteiger partial charge is 0.466 e. The van der Waals surface area contributed by atoms with Crippen molar-refractivity contribution in [1.29, 1.82) is 0 Å². The first-order chi connectivity index (χ1) is 7.63. The van der Waals surface area contributed by atoms with E-state index in [1.807, 2.05) is 6.08 Å². The van der Waals surface area contributed by atoms with E-state index in [9.17, 15) is 4.79 Å². The monoisotopic (exact) mass is 238 g/mol. The van der Waals surface area contributed by atoms with Crippen LogP contribution in [0.5, 0.6) is 0 Å². The number of thioether (sulfide) groups is 1. The van der Waals surface area contributed by atoms with Gasteiger partial charge in [-0.2, -0.15) is 11.8 Å². The molecule has 0 unspecified atom stereocenters. The fourth-order valence-corrected chi connectivity index (χ4v) is 4.29. The number of hydrogen-bond acceptors (Lipinski definition) is 3.